The summed E-state index contributed by atoms with van der Waals surface area (Å²) >= 11 is 11.7. The number of carbonyl (C=O) groups is 2. The third-order valence-electron chi connectivity index (χ3n) is 1.97. The van der Waals surface area contributed by atoms with Crippen molar-refractivity contribution in [1.82, 2.24) is 0 Å². The lowest BCUT2D eigenvalue weighted by molar-refractivity contribution is -0.137. The number of halogens is 2. The Labute approximate surface area is 108 Å². The SMILES string of the molecule is CCOC(=O)C(=O)c1ccc(OC)c(Cl)c1Cl. The zero-order chi connectivity index (χ0) is 13.0. The number of hydrogen-bond donors (Lipinski definition) is 0. The second-order valence-electron chi connectivity index (χ2n) is 2.99. The molecule has 0 aromatic heterocycles. The van der Waals surface area contributed by atoms with Gasteiger partial charge in [-0.05, 0) is 19.1 Å². The smallest absolute Gasteiger partial charge is 0.379 e. The molecule has 0 bridgehead atoms. The van der Waals surface area contributed by atoms with Gasteiger partial charge in [-0.2, -0.15) is 0 Å². The molecule has 0 atom stereocenters. The summed E-state index contributed by atoms with van der Waals surface area (Å²) in [6, 6.07) is 2.83. The number of carbonyl (C=O) groups excluding carboxylic acids is 2. The standard InChI is InChI=1S/C11H10Cl2O4/c1-3-17-11(15)10(14)6-4-5-7(16-2)9(13)8(6)12/h4-5H,3H2,1-2H3. The summed E-state index contributed by atoms with van der Waals surface area (Å²) in [7, 11) is 1.42. The highest BCUT2D eigenvalue weighted by molar-refractivity contribution is 6.49. The van der Waals surface area contributed by atoms with E-state index >= 15 is 0 Å². The summed E-state index contributed by atoms with van der Waals surface area (Å²) in [5, 5.41) is 0.0633. The van der Waals surface area contributed by atoms with Crippen LogP contribution in [-0.2, 0) is 9.53 Å². The van der Waals surface area contributed by atoms with Crippen molar-refractivity contribution in [2.45, 2.75) is 6.92 Å². The van der Waals surface area contributed by atoms with Crippen molar-refractivity contribution in [1.29, 1.82) is 0 Å². The van der Waals surface area contributed by atoms with Crippen molar-refractivity contribution in [3.63, 3.8) is 0 Å². The molecule has 6 heteroatoms. The Hall–Kier alpha value is -1.26. The average Bonchev–Trinajstić information content (AvgIpc) is 2.32. The topological polar surface area (TPSA) is 52.6 Å². The molecule has 0 saturated carbocycles. The lowest BCUT2D eigenvalue weighted by atomic mass is 10.1. The molecule has 0 heterocycles. The summed E-state index contributed by atoms with van der Waals surface area (Å²) < 4.78 is 9.51. The monoisotopic (exact) mass is 276 g/mol. The van der Waals surface area contributed by atoms with Gasteiger partial charge in [0.05, 0.1) is 24.3 Å². The maximum absolute atomic E-state index is 11.6. The first-order valence-electron chi connectivity index (χ1n) is 4.76. The molecule has 0 fully saturated rings. The second-order valence-corrected chi connectivity index (χ2v) is 3.75. The minimum Gasteiger partial charge on any atom is -0.495 e. The van der Waals surface area contributed by atoms with E-state index in [2.05, 4.69) is 4.74 Å². The van der Waals surface area contributed by atoms with E-state index in [1.165, 1.54) is 19.2 Å². The van der Waals surface area contributed by atoms with Gasteiger partial charge >= 0.3 is 5.97 Å². The minimum absolute atomic E-state index is 0.00378. The molecular formula is C11H10Cl2O4. The van der Waals surface area contributed by atoms with Gasteiger partial charge in [0, 0.05) is 0 Å². The molecule has 92 valence electrons. The minimum atomic E-state index is -0.962. The summed E-state index contributed by atoms with van der Waals surface area (Å²) in [5.74, 6) is -1.46. The predicted octanol–water partition coefficient (Wildman–Crippen LogP) is 2.75. The lowest BCUT2D eigenvalue weighted by Gasteiger charge is -2.08. The van der Waals surface area contributed by atoms with Crippen LogP contribution in [0.4, 0.5) is 0 Å². The van der Waals surface area contributed by atoms with Gasteiger partial charge in [-0.3, -0.25) is 4.79 Å². The van der Waals surface area contributed by atoms with Crippen LogP contribution < -0.4 is 4.74 Å². The number of Topliss-reactive ketones (excluding diaryl/α,β-unsaturated/α-hetero) is 1. The second kappa shape index (κ2) is 5.89. The number of benzene rings is 1. The first-order chi connectivity index (χ1) is 8.02. The molecule has 1 aromatic rings. The van der Waals surface area contributed by atoms with Crippen LogP contribution in [-0.4, -0.2) is 25.5 Å². The van der Waals surface area contributed by atoms with Gasteiger partial charge in [0.25, 0.3) is 5.78 Å². The number of ether oxygens (including phenoxy) is 2. The van der Waals surface area contributed by atoms with E-state index < -0.39 is 11.8 Å². The fourth-order valence-electron chi connectivity index (χ4n) is 1.17. The number of esters is 1. The van der Waals surface area contributed by atoms with E-state index in [1.54, 1.807) is 6.92 Å². The molecule has 0 aliphatic heterocycles. The van der Waals surface area contributed by atoms with Crippen LogP contribution in [0.25, 0.3) is 0 Å². The fraction of sp³-hybridized carbons (Fsp3) is 0.273. The molecule has 1 rings (SSSR count). The molecule has 17 heavy (non-hydrogen) atoms. The van der Waals surface area contributed by atoms with Crippen molar-refractivity contribution in [2.24, 2.45) is 0 Å². The summed E-state index contributed by atoms with van der Waals surface area (Å²) in [6.07, 6.45) is 0. The van der Waals surface area contributed by atoms with E-state index in [9.17, 15) is 9.59 Å². The highest BCUT2D eigenvalue weighted by atomic mass is 35.5. The molecule has 0 radical (unpaired) electrons. The Balaban J connectivity index is 3.12. The first-order valence-corrected chi connectivity index (χ1v) is 5.52. The van der Waals surface area contributed by atoms with Gasteiger partial charge in [-0.25, -0.2) is 4.79 Å². The molecule has 0 N–H and O–H groups in total. The number of rotatable bonds is 4. The van der Waals surface area contributed by atoms with Crippen LogP contribution in [0.5, 0.6) is 5.75 Å². The number of methoxy groups -OCH3 is 1. The van der Waals surface area contributed by atoms with Crippen molar-refractivity contribution in [3.05, 3.63) is 27.7 Å². The summed E-state index contributed by atoms with van der Waals surface area (Å²) in [4.78, 5) is 22.9. The van der Waals surface area contributed by atoms with Crippen LogP contribution >= 0.6 is 23.2 Å². The Morgan fingerprint density at radius 1 is 1.24 bits per heavy atom. The zero-order valence-electron chi connectivity index (χ0n) is 9.25. The van der Waals surface area contributed by atoms with Crippen molar-refractivity contribution in [3.8, 4) is 5.75 Å². The van der Waals surface area contributed by atoms with Gasteiger partial charge in [0.2, 0.25) is 0 Å². The van der Waals surface area contributed by atoms with Crippen LogP contribution in [0, 0.1) is 0 Å². The Morgan fingerprint density at radius 3 is 2.41 bits per heavy atom. The highest BCUT2D eigenvalue weighted by Gasteiger charge is 2.23. The van der Waals surface area contributed by atoms with E-state index in [4.69, 9.17) is 27.9 Å². The molecule has 4 nitrogen and oxygen atoms in total. The first kappa shape index (κ1) is 13.8. The van der Waals surface area contributed by atoms with Crippen LogP contribution in [0.3, 0.4) is 0 Å². The maximum atomic E-state index is 11.6. The Kier molecular flexibility index (Phi) is 4.78. The van der Waals surface area contributed by atoms with Gasteiger partial charge in [-0.15, -0.1) is 0 Å². The largest absolute Gasteiger partial charge is 0.495 e. The molecule has 0 saturated heterocycles. The Morgan fingerprint density at radius 2 is 1.88 bits per heavy atom. The van der Waals surface area contributed by atoms with E-state index in [0.717, 1.165) is 0 Å². The number of ketones is 1. The quantitative estimate of drug-likeness (QED) is 0.482. The third kappa shape index (κ3) is 2.90. The van der Waals surface area contributed by atoms with Crippen LogP contribution in [0.15, 0.2) is 12.1 Å². The van der Waals surface area contributed by atoms with Gasteiger partial charge in [0.1, 0.15) is 10.8 Å². The highest BCUT2D eigenvalue weighted by Crippen LogP contribution is 2.34. The molecule has 0 aliphatic carbocycles. The van der Waals surface area contributed by atoms with E-state index in [0.29, 0.717) is 5.75 Å². The molecule has 1 aromatic carbocycles. The fourth-order valence-corrected chi connectivity index (χ4v) is 1.66. The molecule has 0 spiro atoms. The normalized spacial score (nSPS) is 9.88. The molecule has 0 amide bonds. The van der Waals surface area contributed by atoms with Gasteiger partial charge < -0.3 is 9.47 Å². The molecular weight excluding hydrogens is 267 g/mol. The van der Waals surface area contributed by atoms with Crippen molar-refractivity contribution >= 4 is 35.0 Å². The van der Waals surface area contributed by atoms with Crippen LogP contribution in [0.2, 0.25) is 10.0 Å². The summed E-state index contributed by atoms with van der Waals surface area (Å²) in [5.41, 5.74) is -0.00378. The Bertz CT molecular complexity index is 457. The summed E-state index contributed by atoms with van der Waals surface area (Å²) in [6.45, 7) is 1.72. The molecule has 0 aliphatic rings. The van der Waals surface area contributed by atoms with Crippen LogP contribution in [0.1, 0.15) is 17.3 Å². The average molecular weight is 277 g/mol. The molecule has 0 unspecified atom stereocenters. The predicted molar refractivity (Wildman–Crippen MR) is 64.0 cm³/mol. The lowest BCUT2D eigenvalue weighted by Crippen LogP contribution is -2.18. The van der Waals surface area contributed by atoms with E-state index in [-0.39, 0.29) is 22.2 Å². The zero-order valence-corrected chi connectivity index (χ0v) is 10.8. The third-order valence-corrected chi connectivity index (χ3v) is 2.84. The van der Waals surface area contributed by atoms with Gasteiger partial charge in [-0.1, -0.05) is 23.2 Å². The van der Waals surface area contributed by atoms with Crippen molar-refractivity contribution in [2.75, 3.05) is 13.7 Å². The number of hydrogen-bond acceptors (Lipinski definition) is 4. The maximum Gasteiger partial charge on any atom is 0.379 e. The van der Waals surface area contributed by atoms with Crippen molar-refractivity contribution < 1.29 is 19.1 Å². The van der Waals surface area contributed by atoms with E-state index in [1.807, 2.05) is 0 Å². The van der Waals surface area contributed by atoms with Gasteiger partial charge in [0.15, 0.2) is 0 Å².